The van der Waals surface area contributed by atoms with E-state index in [-0.39, 0.29) is 22.1 Å². The zero-order valence-corrected chi connectivity index (χ0v) is 12.4. The largest absolute Gasteiger partial charge is 0.462 e. The average molecular weight is 333 g/mol. The number of carbonyl (C=O) groups excluding carboxylic acids is 1. The van der Waals surface area contributed by atoms with Gasteiger partial charge in [-0.25, -0.2) is 14.2 Å². The lowest BCUT2D eigenvalue weighted by molar-refractivity contribution is -0.139. The number of nitrogens with zero attached hydrogens (tertiary/aromatic N) is 1. The Morgan fingerprint density at radius 3 is 2.59 bits per heavy atom. The molecule has 0 fully saturated rings. The predicted octanol–water partition coefficient (Wildman–Crippen LogP) is 4.45. The first-order valence-electron chi connectivity index (χ1n) is 6.25. The normalized spacial score (nSPS) is 11.5. The summed E-state index contributed by atoms with van der Waals surface area (Å²) in [6.07, 6.45) is -4.75. The fraction of sp³-hybridized carbons (Fsp3) is 0.286. The third kappa shape index (κ3) is 3.27. The molecule has 0 aliphatic rings. The van der Waals surface area contributed by atoms with Gasteiger partial charge in [0, 0.05) is 5.56 Å². The second kappa shape index (κ2) is 6.04. The van der Waals surface area contributed by atoms with E-state index in [0.717, 1.165) is 23.5 Å². The van der Waals surface area contributed by atoms with Gasteiger partial charge in [-0.2, -0.15) is 13.2 Å². The molecular weight excluding hydrogens is 322 g/mol. The van der Waals surface area contributed by atoms with E-state index < -0.39 is 23.5 Å². The minimum Gasteiger partial charge on any atom is -0.462 e. The van der Waals surface area contributed by atoms with Crippen LogP contribution in [-0.4, -0.2) is 17.6 Å². The Morgan fingerprint density at radius 1 is 1.36 bits per heavy atom. The third-order valence-electron chi connectivity index (χ3n) is 2.78. The predicted molar refractivity (Wildman–Crippen MR) is 73.2 cm³/mol. The van der Waals surface area contributed by atoms with Crippen LogP contribution in [-0.2, 0) is 10.9 Å². The number of aromatic nitrogens is 1. The van der Waals surface area contributed by atoms with Gasteiger partial charge in [0.1, 0.15) is 15.7 Å². The van der Waals surface area contributed by atoms with Crippen molar-refractivity contribution in [2.45, 2.75) is 20.0 Å². The Morgan fingerprint density at radius 2 is 2.05 bits per heavy atom. The van der Waals surface area contributed by atoms with E-state index in [4.69, 9.17) is 4.74 Å². The Hall–Kier alpha value is -1.96. The highest BCUT2D eigenvalue weighted by atomic mass is 32.1. The van der Waals surface area contributed by atoms with Gasteiger partial charge in [0.25, 0.3) is 0 Å². The summed E-state index contributed by atoms with van der Waals surface area (Å²) in [4.78, 5) is 16.0. The summed E-state index contributed by atoms with van der Waals surface area (Å²) in [5, 5.41) is 0.258. The van der Waals surface area contributed by atoms with Crippen molar-refractivity contribution in [3.63, 3.8) is 0 Å². The maximum absolute atomic E-state index is 13.6. The number of thiazole rings is 1. The highest BCUT2D eigenvalue weighted by molar-refractivity contribution is 7.17. The van der Waals surface area contributed by atoms with Gasteiger partial charge in [0.15, 0.2) is 0 Å². The minimum atomic E-state index is -4.75. The fourth-order valence-electron chi connectivity index (χ4n) is 1.78. The topological polar surface area (TPSA) is 39.2 Å². The number of ether oxygens (including phenoxy) is 1. The van der Waals surface area contributed by atoms with Gasteiger partial charge in [-0.1, -0.05) is 6.07 Å². The molecule has 0 N–H and O–H groups in total. The Bertz CT molecular complexity index is 709. The molecule has 3 nitrogen and oxygen atoms in total. The molecule has 0 radical (unpaired) electrons. The molecule has 2 rings (SSSR count). The van der Waals surface area contributed by atoms with E-state index in [2.05, 4.69) is 4.98 Å². The summed E-state index contributed by atoms with van der Waals surface area (Å²) in [6.45, 7) is 3.42. The summed E-state index contributed by atoms with van der Waals surface area (Å²) in [5.74, 6) is -1.94. The number of benzene rings is 1. The van der Waals surface area contributed by atoms with Gasteiger partial charge in [0.2, 0.25) is 0 Å². The molecule has 1 heterocycles. The van der Waals surface area contributed by atoms with Crippen molar-refractivity contribution in [3.05, 3.63) is 40.2 Å². The molecule has 0 aliphatic carbocycles. The number of halogens is 4. The molecule has 0 amide bonds. The Balaban J connectivity index is 2.39. The van der Waals surface area contributed by atoms with E-state index in [1.807, 2.05) is 0 Å². The smallest absolute Gasteiger partial charge is 0.419 e. The average Bonchev–Trinajstić information content (AvgIpc) is 2.79. The molecule has 1 aromatic heterocycles. The highest BCUT2D eigenvalue weighted by Gasteiger charge is 2.34. The molecule has 1 aromatic carbocycles. The van der Waals surface area contributed by atoms with Crippen LogP contribution in [0, 0.1) is 12.7 Å². The number of hydrogen-bond donors (Lipinski definition) is 0. The summed E-state index contributed by atoms with van der Waals surface area (Å²) >= 11 is 0.949. The first-order chi connectivity index (χ1) is 10.2. The lowest BCUT2D eigenvalue weighted by Gasteiger charge is -2.08. The quantitative estimate of drug-likeness (QED) is 0.615. The van der Waals surface area contributed by atoms with Crippen molar-refractivity contribution in [1.82, 2.24) is 4.98 Å². The lowest BCUT2D eigenvalue weighted by atomic mass is 10.1. The second-order valence-electron chi connectivity index (χ2n) is 4.35. The van der Waals surface area contributed by atoms with Gasteiger partial charge in [0.05, 0.1) is 17.9 Å². The SMILES string of the molecule is CCOC(=O)c1sc(-c2ccc(C(F)(F)F)c(F)c2)nc1C. The summed E-state index contributed by atoms with van der Waals surface area (Å²) in [5.41, 5.74) is -0.775. The van der Waals surface area contributed by atoms with Crippen molar-refractivity contribution in [2.24, 2.45) is 0 Å². The van der Waals surface area contributed by atoms with Gasteiger partial charge in [-0.3, -0.25) is 0 Å². The van der Waals surface area contributed by atoms with Crippen LogP contribution in [0.5, 0.6) is 0 Å². The number of rotatable bonds is 3. The van der Waals surface area contributed by atoms with Crippen molar-refractivity contribution in [3.8, 4) is 10.6 Å². The van der Waals surface area contributed by atoms with Gasteiger partial charge in [-0.05, 0) is 26.0 Å². The van der Waals surface area contributed by atoms with Crippen molar-refractivity contribution in [1.29, 1.82) is 0 Å². The van der Waals surface area contributed by atoms with E-state index in [0.29, 0.717) is 11.8 Å². The van der Waals surface area contributed by atoms with Gasteiger partial charge in [-0.15, -0.1) is 11.3 Å². The van der Waals surface area contributed by atoms with E-state index in [1.54, 1.807) is 13.8 Å². The number of hydrogen-bond acceptors (Lipinski definition) is 4. The summed E-state index contributed by atoms with van der Waals surface area (Å²) in [6, 6.07) is 2.54. The molecule has 0 saturated heterocycles. The molecule has 0 unspecified atom stereocenters. The molecule has 0 atom stereocenters. The zero-order chi connectivity index (χ0) is 16.5. The lowest BCUT2D eigenvalue weighted by Crippen LogP contribution is -2.07. The van der Waals surface area contributed by atoms with Crippen LogP contribution >= 0.6 is 11.3 Å². The molecular formula is C14H11F4NO2S. The Kier molecular flexibility index (Phi) is 4.50. The van der Waals surface area contributed by atoms with E-state index in [1.165, 1.54) is 0 Å². The maximum Gasteiger partial charge on any atom is 0.419 e. The van der Waals surface area contributed by atoms with Crippen LogP contribution in [0.25, 0.3) is 10.6 Å². The number of aryl methyl sites for hydroxylation is 1. The van der Waals surface area contributed by atoms with Crippen LogP contribution in [0.3, 0.4) is 0 Å². The highest BCUT2D eigenvalue weighted by Crippen LogP contribution is 2.35. The molecule has 0 saturated carbocycles. The zero-order valence-electron chi connectivity index (χ0n) is 11.6. The van der Waals surface area contributed by atoms with Gasteiger partial charge >= 0.3 is 12.1 Å². The second-order valence-corrected chi connectivity index (χ2v) is 5.35. The molecule has 118 valence electrons. The van der Waals surface area contributed by atoms with Crippen LogP contribution in [0.2, 0.25) is 0 Å². The first-order valence-corrected chi connectivity index (χ1v) is 7.07. The first kappa shape index (κ1) is 16.4. The molecule has 0 spiro atoms. The molecule has 0 aliphatic heterocycles. The van der Waals surface area contributed by atoms with Crippen molar-refractivity contribution < 1.29 is 27.1 Å². The molecule has 2 aromatic rings. The van der Waals surface area contributed by atoms with Crippen LogP contribution < -0.4 is 0 Å². The monoisotopic (exact) mass is 333 g/mol. The molecule has 8 heteroatoms. The van der Waals surface area contributed by atoms with Crippen molar-refractivity contribution in [2.75, 3.05) is 6.61 Å². The summed E-state index contributed by atoms with van der Waals surface area (Å²) < 4.78 is 56.0. The maximum atomic E-state index is 13.6. The Labute approximate surface area is 127 Å². The third-order valence-corrected chi connectivity index (χ3v) is 3.97. The number of esters is 1. The van der Waals surface area contributed by atoms with E-state index in [9.17, 15) is 22.4 Å². The molecule has 22 heavy (non-hydrogen) atoms. The summed E-state index contributed by atoms with van der Waals surface area (Å²) in [7, 11) is 0. The van der Waals surface area contributed by atoms with Gasteiger partial charge < -0.3 is 4.74 Å². The number of carbonyl (C=O) groups is 1. The molecule has 0 bridgehead atoms. The van der Waals surface area contributed by atoms with Crippen LogP contribution in [0.1, 0.15) is 27.9 Å². The standard InChI is InChI=1S/C14H11F4NO2S/c1-3-21-13(20)11-7(2)19-12(22-11)8-4-5-9(10(15)6-8)14(16,17)18/h4-6H,3H2,1-2H3. The van der Waals surface area contributed by atoms with Crippen molar-refractivity contribution >= 4 is 17.3 Å². The number of alkyl halides is 3. The minimum absolute atomic E-state index is 0.175. The van der Waals surface area contributed by atoms with E-state index >= 15 is 0 Å². The van der Waals surface area contributed by atoms with Crippen LogP contribution in [0.15, 0.2) is 18.2 Å². The fourth-order valence-corrected chi connectivity index (χ4v) is 2.74. The van der Waals surface area contributed by atoms with Crippen LogP contribution in [0.4, 0.5) is 17.6 Å².